The predicted octanol–water partition coefficient (Wildman–Crippen LogP) is 2.47. The van der Waals surface area contributed by atoms with Crippen LogP contribution in [-0.2, 0) is 0 Å². The molecule has 18 heavy (non-hydrogen) atoms. The van der Waals surface area contributed by atoms with Crippen LogP contribution in [0.5, 0.6) is 0 Å². The van der Waals surface area contributed by atoms with Crippen LogP contribution in [0.15, 0.2) is 23.8 Å². The van der Waals surface area contributed by atoms with Gasteiger partial charge in [0.15, 0.2) is 5.78 Å². The number of anilines is 1. The van der Waals surface area contributed by atoms with Crippen molar-refractivity contribution in [3.05, 3.63) is 29.5 Å². The molecular weight excluding hydrogens is 248 g/mol. The first-order chi connectivity index (χ1) is 8.66. The molecule has 0 amide bonds. The van der Waals surface area contributed by atoms with Gasteiger partial charge in [-0.1, -0.05) is 0 Å². The Balaban J connectivity index is 2.18. The van der Waals surface area contributed by atoms with E-state index in [1.54, 1.807) is 17.8 Å². The van der Waals surface area contributed by atoms with Crippen LogP contribution in [-0.4, -0.2) is 20.7 Å². The smallest absolute Gasteiger partial charge is 0.178 e. The quantitative estimate of drug-likeness (QED) is 0.691. The summed E-state index contributed by atoms with van der Waals surface area (Å²) in [5, 5.41) is 3.32. The van der Waals surface area contributed by atoms with Gasteiger partial charge >= 0.3 is 0 Å². The van der Waals surface area contributed by atoms with Crippen molar-refractivity contribution in [3.63, 3.8) is 0 Å². The first-order valence-electron chi connectivity index (χ1n) is 5.35. The van der Waals surface area contributed by atoms with Crippen LogP contribution in [0.25, 0.3) is 21.6 Å². The molecule has 0 unspecified atom stereocenters. The first-order valence-corrected chi connectivity index (χ1v) is 6.23. The highest BCUT2D eigenvalue weighted by molar-refractivity contribution is 7.13. The van der Waals surface area contributed by atoms with E-state index in [-0.39, 0.29) is 5.78 Å². The summed E-state index contributed by atoms with van der Waals surface area (Å²) in [6, 6.07) is 1.88. The number of ketones is 1. The molecule has 3 rings (SSSR count). The summed E-state index contributed by atoms with van der Waals surface area (Å²) in [6.07, 6.45) is 3.47. The number of nitrogens with one attached hydrogen (secondary N) is 1. The highest BCUT2D eigenvalue weighted by Gasteiger charge is 2.13. The Kier molecular flexibility index (Phi) is 2.38. The minimum atomic E-state index is -0.0493. The van der Waals surface area contributed by atoms with Crippen LogP contribution in [0.2, 0.25) is 0 Å². The van der Waals surface area contributed by atoms with E-state index < -0.39 is 0 Å². The molecule has 0 aliphatic carbocycles. The number of rotatable bonds is 2. The number of carbonyl (C=O) groups excluding carboxylic acids is 1. The number of nitrogen functional groups attached to an aromatic ring is 1. The van der Waals surface area contributed by atoms with E-state index in [0.717, 1.165) is 16.6 Å². The average Bonchev–Trinajstić information content (AvgIpc) is 2.97. The maximum Gasteiger partial charge on any atom is 0.178 e. The third-order valence-electron chi connectivity index (χ3n) is 2.72. The van der Waals surface area contributed by atoms with Gasteiger partial charge in [0.05, 0.1) is 11.3 Å². The Labute approximate surface area is 107 Å². The third-order valence-corrected chi connectivity index (χ3v) is 3.60. The van der Waals surface area contributed by atoms with Crippen molar-refractivity contribution < 1.29 is 4.79 Å². The van der Waals surface area contributed by atoms with Crippen molar-refractivity contribution in [1.82, 2.24) is 15.0 Å². The molecule has 0 aliphatic heterocycles. The van der Waals surface area contributed by atoms with Gasteiger partial charge in [0.1, 0.15) is 16.3 Å². The number of aromatic nitrogens is 3. The highest BCUT2D eigenvalue weighted by atomic mass is 32.1. The number of fused-ring (bicyclic) bond motifs is 1. The molecule has 0 aliphatic rings. The van der Waals surface area contributed by atoms with E-state index in [1.165, 1.54) is 18.3 Å². The van der Waals surface area contributed by atoms with Gasteiger partial charge in [-0.2, -0.15) is 0 Å². The summed E-state index contributed by atoms with van der Waals surface area (Å²) in [7, 11) is 0. The second-order valence-electron chi connectivity index (χ2n) is 3.92. The van der Waals surface area contributed by atoms with Gasteiger partial charge in [-0.3, -0.25) is 4.79 Å². The molecule has 0 saturated carbocycles. The van der Waals surface area contributed by atoms with Gasteiger partial charge in [0, 0.05) is 30.1 Å². The van der Waals surface area contributed by atoms with Gasteiger partial charge in [-0.15, -0.1) is 11.3 Å². The van der Waals surface area contributed by atoms with Crippen molar-refractivity contribution in [2.45, 2.75) is 6.92 Å². The Morgan fingerprint density at radius 1 is 1.50 bits per heavy atom. The van der Waals surface area contributed by atoms with Crippen molar-refractivity contribution >= 4 is 33.8 Å². The monoisotopic (exact) mass is 258 g/mol. The van der Waals surface area contributed by atoms with Gasteiger partial charge in [-0.05, 0) is 6.07 Å². The number of hydrogen-bond acceptors (Lipinski definition) is 5. The molecule has 0 radical (unpaired) electrons. The standard InChI is InChI=1S/C12H10N4OS/c1-6(17)9-5-18-12(16-9)8-4-15-11-7(10(8)13)2-3-14-11/h2-5H,1H3,(H3,13,14,15). The molecule has 3 N–H and O–H groups in total. The second-order valence-corrected chi connectivity index (χ2v) is 4.78. The van der Waals surface area contributed by atoms with Crippen LogP contribution >= 0.6 is 11.3 Å². The van der Waals surface area contributed by atoms with Crippen LogP contribution in [0.4, 0.5) is 5.69 Å². The molecule has 5 nitrogen and oxygen atoms in total. The van der Waals surface area contributed by atoms with Gasteiger partial charge in [-0.25, -0.2) is 9.97 Å². The SMILES string of the molecule is CC(=O)c1csc(-c2cnc3[nH]ccc3c2N)n1. The molecule has 90 valence electrons. The molecule has 3 aromatic rings. The van der Waals surface area contributed by atoms with E-state index in [2.05, 4.69) is 15.0 Å². The van der Waals surface area contributed by atoms with Crippen molar-refractivity contribution in [1.29, 1.82) is 0 Å². The lowest BCUT2D eigenvalue weighted by Crippen LogP contribution is -1.94. The van der Waals surface area contributed by atoms with Crippen molar-refractivity contribution in [3.8, 4) is 10.6 Å². The molecule has 0 bridgehead atoms. The molecule has 6 heteroatoms. The molecule has 0 spiro atoms. The summed E-state index contributed by atoms with van der Waals surface area (Å²) in [4.78, 5) is 22.8. The molecule has 3 heterocycles. The van der Waals surface area contributed by atoms with E-state index in [0.29, 0.717) is 16.4 Å². The van der Waals surface area contributed by atoms with Crippen molar-refractivity contribution in [2.24, 2.45) is 0 Å². The fourth-order valence-corrected chi connectivity index (χ4v) is 2.64. The fraction of sp³-hybridized carbons (Fsp3) is 0.0833. The summed E-state index contributed by atoms with van der Waals surface area (Å²) in [6.45, 7) is 1.50. The minimum absolute atomic E-state index is 0.0493. The Bertz CT molecular complexity index is 743. The maximum atomic E-state index is 11.2. The minimum Gasteiger partial charge on any atom is -0.398 e. The molecule has 0 fully saturated rings. The number of aromatic amines is 1. The average molecular weight is 258 g/mol. The zero-order chi connectivity index (χ0) is 12.7. The first kappa shape index (κ1) is 10.9. The lowest BCUT2D eigenvalue weighted by atomic mass is 10.2. The van der Waals surface area contributed by atoms with Crippen LogP contribution in [0.1, 0.15) is 17.4 Å². The van der Waals surface area contributed by atoms with Crippen LogP contribution in [0.3, 0.4) is 0 Å². The largest absolute Gasteiger partial charge is 0.398 e. The van der Waals surface area contributed by atoms with E-state index in [9.17, 15) is 4.79 Å². The molecule has 3 aromatic heterocycles. The Hall–Kier alpha value is -2.21. The third kappa shape index (κ3) is 1.58. The lowest BCUT2D eigenvalue weighted by molar-refractivity contribution is 0.101. The Morgan fingerprint density at radius 3 is 3.06 bits per heavy atom. The number of H-pyrrole nitrogens is 1. The maximum absolute atomic E-state index is 11.2. The van der Waals surface area contributed by atoms with Gasteiger partial charge in [0.25, 0.3) is 0 Å². The number of hydrogen-bond donors (Lipinski definition) is 2. The number of nitrogens with two attached hydrogens (primary N) is 1. The molecule has 0 saturated heterocycles. The Morgan fingerprint density at radius 2 is 2.33 bits per heavy atom. The lowest BCUT2D eigenvalue weighted by Gasteiger charge is -2.02. The summed E-state index contributed by atoms with van der Waals surface area (Å²) >= 11 is 1.39. The van der Waals surface area contributed by atoms with E-state index in [4.69, 9.17) is 5.73 Å². The zero-order valence-corrected chi connectivity index (χ0v) is 10.4. The predicted molar refractivity (Wildman–Crippen MR) is 71.6 cm³/mol. The zero-order valence-electron chi connectivity index (χ0n) is 9.60. The normalized spacial score (nSPS) is 10.9. The van der Waals surface area contributed by atoms with Gasteiger partial charge < -0.3 is 10.7 Å². The second kappa shape index (κ2) is 3.92. The molecular formula is C12H10N4OS. The highest BCUT2D eigenvalue weighted by Crippen LogP contribution is 2.32. The fourth-order valence-electron chi connectivity index (χ4n) is 1.76. The topological polar surface area (TPSA) is 84.7 Å². The number of pyridine rings is 1. The summed E-state index contributed by atoms with van der Waals surface area (Å²) in [5.41, 5.74) is 8.71. The van der Waals surface area contributed by atoms with Crippen LogP contribution in [0, 0.1) is 0 Å². The number of carbonyl (C=O) groups is 1. The van der Waals surface area contributed by atoms with Crippen molar-refractivity contribution in [2.75, 3.05) is 5.73 Å². The summed E-state index contributed by atoms with van der Waals surface area (Å²) < 4.78 is 0. The number of nitrogens with zero attached hydrogens (tertiary/aromatic N) is 2. The van der Waals surface area contributed by atoms with E-state index >= 15 is 0 Å². The molecule has 0 atom stereocenters. The van der Waals surface area contributed by atoms with Gasteiger partial charge in [0.2, 0.25) is 0 Å². The van der Waals surface area contributed by atoms with E-state index in [1.807, 2.05) is 6.07 Å². The molecule has 0 aromatic carbocycles. The van der Waals surface area contributed by atoms with Crippen LogP contribution < -0.4 is 5.73 Å². The summed E-state index contributed by atoms with van der Waals surface area (Å²) in [5.74, 6) is -0.0493. The number of thiazole rings is 1. The number of Topliss-reactive ketones (excluding diaryl/α,β-unsaturated/α-hetero) is 1.